The molecule has 0 rings (SSSR count). The van der Waals surface area contributed by atoms with Crippen LogP contribution in [0, 0.1) is 0 Å². The van der Waals surface area contributed by atoms with E-state index in [4.69, 9.17) is 0 Å². The van der Waals surface area contributed by atoms with Crippen LogP contribution in [0.15, 0.2) is 38.0 Å². The van der Waals surface area contributed by atoms with Crippen LogP contribution in [0.5, 0.6) is 0 Å². The predicted molar refractivity (Wildman–Crippen MR) is 75.1 cm³/mol. The van der Waals surface area contributed by atoms with E-state index in [-0.39, 0.29) is 0 Å². The summed E-state index contributed by atoms with van der Waals surface area (Å²) in [4.78, 5) is 0. The van der Waals surface area contributed by atoms with Crippen molar-refractivity contribution in [2.75, 3.05) is 0 Å². The monoisotopic (exact) mass is 222 g/mol. The van der Waals surface area contributed by atoms with E-state index < -0.39 is 8.07 Å². The summed E-state index contributed by atoms with van der Waals surface area (Å²) in [7, 11) is -1.43. The second kappa shape index (κ2) is 6.11. The van der Waals surface area contributed by atoms with Gasteiger partial charge >= 0.3 is 0 Å². The fourth-order valence-electron chi connectivity index (χ4n) is 2.87. The van der Waals surface area contributed by atoms with Gasteiger partial charge < -0.3 is 0 Å². The van der Waals surface area contributed by atoms with Gasteiger partial charge in [-0.1, -0.05) is 52.0 Å². The lowest BCUT2D eigenvalue weighted by molar-refractivity contribution is 0.904. The van der Waals surface area contributed by atoms with Crippen LogP contribution in [-0.2, 0) is 0 Å². The lowest BCUT2D eigenvalue weighted by atomic mass is 10.4. The molecule has 0 amide bonds. The highest BCUT2D eigenvalue weighted by Crippen LogP contribution is 2.46. The molecule has 0 aromatic heterocycles. The van der Waals surface area contributed by atoms with E-state index in [9.17, 15) is 0 Å². The van der Waals surface area contributed by atoms with Crippen LogP contribution in [0.1, 0.15) is 27.7 Å². The molecule has 0 fully saturated rings. The third-order valence-corrected chi connectivity index (χ3v) is 11.2. The van der Waals surface area contributed by atoms with Crippen LogP contribution in [0.25, 0.3) is 0 Å². The smallest absolute Gasteiger partial charge is 0.0730 e. The molecule has 0 saturated carbocycles. The van der Waals surface area contributed by atoms with E-state index in [1.165, 1.54) is 6.04 Å². The Kier molecular flexibility index (Phi) is 5.88. The fraction of sp³-hybridized carbons (Fsp3) is 0.571. The number of hydrogen-bond acceptors (Lipinski definition) is 0. The number of rotatable bonds is 7. The van der Waals surface area contributed by atoms with Crippen molar-refractivity contribution < 1.29 is 0 Å². The topological polar surface area (TPSA) is 0 Å². The zero-order valence-electron chi connectivity index (χ0n) is 10.8. The Hall–Kier alpha value is -0.563. The minimum atomic E-state index is -1.43. The van der Waals surface area contributed by atoms with Gasteiger partial charge in [0.15, 0.2) is 0 Å². The molecule has 86 valence electrons. The van der Waals surface area contributed by atoms with Crippen LogP contribution in [-0.4, -0.2) is 8.07 Å². The van der Waals surface area contributed by atoms with Crippen molar-refractivity contribution in [1.29, 1.82) is 0 Å². The Labute approximate surface area is 96.8 Å². The summed E-state index contributed by atoms with van der Waals surface area (Å²) in [5.74, 6) is 0. The lowest BCUT2D eigenvalue weighted by Gasteiger charge is -2.43. The Balaban J connectivity index is 5.36. The second-order valence-corrected chi connectivity index (χ2v) is 10.2. The molecule has 0 aromatic rings. The molecule has 0 aliphatic carbocycles. The van der Waals surface area contributed by atoms with Gasteiger partial charge in [0.2, 0.25) is 0 Å². The molecule has 3 atom stereocenters. The Morgan fingerprint density at radius 1 is 0.867 bits per heavy atom. The minimum Gasteiger partial charge on any atom is -0.103 e. The molecule has 0 aliphatic rings. The largest absolute Gasteiger partial charge is 0.103 e. The normalized spacial score (nSPS) is 20.8. The molecule has 3 unspecified atom stereocenters. The fourth-order valence-corrected chi connectivity index (χ4v) is 8.60. The van der Waals surface area contributed by atoms with Gasteiger partial charge in [-0.3, -0.25) is 0 Å². The first-order chi connectivity index (χ1) is 7.00. The third-order valence-electron chi connectivity index (χ3n) is 4.22. The lowest BCUT2D eigenvalue weighted by Crippen LogP contribution is -2.44. The summed E-state index contributed by atoms with van der Waals surface area (Å²) in [6, 6.07) is 1.26. The van der Waals surface area contributed by atoms with Crippen molar-refractivity contribution in [1.82, 2.24) is 0 Å². The zero-order chi connectivity index (χ0) is 12.1. The highest BCUT2D eigenvalue weighted by molar-refractivity contribution is 6.84. The molecule has 0 bridgehead atoms. The molecule has 15 heavy (non-hydrogen) atoms. The minimum absolute atomic E-state index is 0.614. The SMILES string of the molecule is C=CC(C)[Si](CC)(C(C)C=C)C(C)C=C. The van der Waals surface area contributed by atoms with Crippen LogP contribution in [0.4, 0.5) is 0 Å². The number of hydrogen-bond donors (Lipinski definition) is 0. The van der Waals surface area contributed by atoms with Gasteiger partial charge in [-0.05, 0) is 16.6 Å². The molecule has 0 spiro atoms. The van der Waals surface area contributed by atoms with Crippen LogP contribution in [0.3, 0.4) is 0 Å². The first-order valence-electron chi connectivity index (χ1n) is 5.88. The van der Waals surface area contributed by atoms with Gasteiger partial charge in [0.1, 0.15) is 0 Å². The average Bonchev–Trinajstić information content (AvgIpc) is 2.29. The summed E-state index contributed by atoms with van der Waals surface area (Å²) >= 11 is 0. The first kappa shape index (κ1) is 14.4. The molecule has 0 N–H and O–H groups in total. The van der Waals surface area contributed by atoms with E-state index >= 15 is 0 Å². The van der Waals surface area contributed by atoms with E-state index in [1.807, 2.05) is 0 Å². The van der Waals surface area contributed by atoms with E-state index in [0.717, 1.165) is 0 Å². The molecule has 0 aromatic carbocycles. The Bertz CT molecular complexity index is 193. The standard InChI is InChI=1S/C14H26Si/c1-8-12(5)15(11-4,13(6)9-2)14(7)10-3/h8-10,12-14H,1-3,11H2,4-7H3. The summed E-state index contributed by atoms with van der Waals surface area (Å²) in [6.45, 7) is 21.2. The predicted octanol–water partition coefficient (Wildman–Crippen LogP) is 5.18. The molecule has 0 heterocycles. The quantitative estimate of drug-likeness (QED) is 0.411. The molecular formula is C14H26Si. The van der Waals surface area contributed by atoms with Gasteiger partial charge in [0.25, 0.3) is 0 Å². The third kappa shape index (κ3) is 2.51. The van der Waals surface area contributed by atoms with Crippen molar-refractivity contribution in [3.05, 3.63) is 38.0 Å². The van der Waals surface area contributed by atoms with Crippen LogP contribution >= 0.6 is 0 Å². The van der Waals surface area contributed by atoms with E-state index in [0.29, 0.717) is 16.6 Å². The maximum atomic E-state index is 3.97. The maximum absolute atomic E-state index is 3.97. The number of allylic oxidation sites excluding steroid dienone is 3. The van der Waals surface area contributed by atoms with Gasteiger partial charge in [-0.25, -0.2) is 0 Å². The van der Waals surface area contributed by atoms with Crippen LogP contribution < -0.4 is 0 Å². The van der Waals surface area contributed by atoms with Crippen LogP contribution in [0.2, 0.25) is 22.7 Å². The molecule has 0 nitrogen and oxygen atoms in total. The maximum Gasteiger partial charge on any atom is 0.0730 e. The summed E-state index contributed by atoms with van der Waals surface area (Å²) < 4.78 is 0. The van der Waals surface area contributed by atoms with E-state index in [2.05, 4.69) is 65.7 Å². The molecule has 0 aliphatic heterocycles. The van der Waals surface area contributed by atoms with Crippen molar-refractivity contribution >= 4 is 8.07 Å². The van der Waals surface area contributed by atoms with E-state index in [1.54, 1.807) is 0 Å². The van der Waals surface area contributed by atoms with Gasteiger partial charge in [0.05, 0.1) is 8.07 Å². The van der Waals surface area contributed by atoms with Crippen molar-refractivity contribution in [2.24, 2.45) is 0 Å². The average molecular weight is 222 g/mol. The van der Waals surface area contributed by atoms with Crippen molar-refractivity contribution in [3.63, 3.8) is 0 Å². The van der Waals surface area contributed by atoms with Gasteiger partial charge in [-0.2, -0.15) is 0 Å². The molecule has 0 saturated heterocycles. The highest BCUT2D eigenvalue weighted by atomic mass is 28.3. The first-order valence-corrected chi connectivity index (χ1v) is 8.32. The summed E-state index contributed by atoms with van der Waals surface area (Å²) in [5.41, 5.74) is 1.84. The Morgan fingerprint density at radius 3 is 1.27 bits per heavy atom. The van der Waals surface area contributed by atoms with Gasteiger partial charge in [0, 0.05) is 0 Å². The molecule has 0 radical (unpaired) electrons. The Morgan fingerprint density at radius 2 is 1.13 bits per heavy atom. The highest BCUT2D eigenvalue weighted by Gasteiger charge is 2.42. The molecule has 1 heteroatoms. The zero-order valence-corrected chi connectivity index (χ0v) is 11.8. The van der Waals surface area contributed by atoms with Crippen molar-refractivity contribution in [3.8, 4) is 0 Å². The molecular weight excluding hydrogens is 196 g/mol. The second-order valence-electron chi connectivity index (χ2n) is 4.54. The summed E-state index contributed by atoms with van der Waals surface area (Å²) in [5, 5.41) is 0. The summed E-state index contributed by atoms with van der Waals surface area (Å²) in [6.07, 6.45) is 6.36. The van der Waals surface area contributed by atoms with Crippen molar-refractivity contribution in [2.45, 2.75) is 50.4 Å². The van der Waals surface area contributed by atoms with Gasteiger partial charge in [-0.15, -0.1) is 19.7 Å².